The fraction of sp³-hybridized carbons (Fsp3) is 0.312. The number of hydrogen-bond acceptors (Lipinski definition) is 2. The molecule has 1 amide bonds. The van der Waals surface area contributed by atoms with Crippen LogP contribution in [0.25, 0.3) is 0 Å². The lowest BCUT2D eigenvalue weighted by molar-refractivity contribution is 0.0745. The highest BCUT2D eigenvalue weighted by atomic mass is 79.9. The van der Waals surface area contributed by atoms with Crippen LogP contribution in [0.3, 0.4) is 0 Å². The van der Waals surface area contributed by atoms with Crippen LogP contribution in [0.4, 0.5) is 0 Å². The van der Waals surface area contributed by atoms with Crippen LogP contribution in [-0.2, 0) is 0 Å². The quantitative estimate of drug-likeness (QED) is 0.765. The Morgan fingerprint density at radius 3 is 2.50 bits per heavy atom. The lowest BCUT2D eigenvalue weighted by atomic mass is 10.1. The van der Waals surface area contributed by atoms with Crippen LogP contribution >= 0.6 is 27.3 Å². The van der Waals surface area contributed by atoms with Crippen molar-refractivity contribution in [1.29, 1.82) is 0 Å². The molecule has 0 fully saturated rings. The molecule has 0 N–H and O–H groups in total. The van der Waals surface area contributed by atoms with Crippen molar-refractivity contribution in [3.05, 3.63) is 55.7 Å². The zero-order valence-electron chi connectivity index (χ0n) is 12.1. The lowest BCUT2D eigenvalue weighted by Gasteiger charge is -2.24. The molecular weight excluding hydrogens is 334 g/mol. The molecule has 0 aliphatic rings. The topological polar surface area (TPSA) is 20.3 Å². The van der Waals surface area contributed by atoms with E-state index in [1.54, 1.807) is 16.2 Å². The number of nitrogens with zero attached hydrogens (tertiary/aromatic N) is 1. The SMILES string of the molecule is Cc1cc(Br)cc(C(=O)N(C)C(C)c2ccc(C)s2)c1. The molecule has 0 aliphatic carbocycles. The predicted octanol–water partition coefficient (Wildman–Crippen LogP) is 4.96. The van der Waals surface area contributed by atoms with E-state index >= 15 is 0 Å². The highest BCUT2D eigenvalue weighted by Crippen LogP contribution is 2.28. The third-order valence-corrected chi connectivity index (χ3v) is 4.99. The fourth-order valence-corrected chi connectivity index (χ4v) is 3.69. The monoisotopic (exact) mass is 351 g/mol. The summed E-state index contributed by atoms with van der Waals surface area (Å²) < 4.78 is 0.939. The van der Waals surface area contributed by atoms with Gasteiger partial charge in [0.1, 0.15) is 0 Å². The van der Waals surface area contributed by atoms with Gasteiger partial charge in [0.15, 0.2) is 0 Å². The molecule has 0 saturated carbocycles. The fourth-order valence-electron chi connectivity index (χ4n) is 2.11. The first-order chi connectivity index (χ1) is 9.38. The molecule has 0 saturated heterocycles. The van der Waals surface area contributed by atoms with Crippen molar-refractivity contribution >= 4 is 33.2 Å². The van der Waals surface area contributed by atoms with Gasteiger partial charge in [-0.3, -0.25) is 4.79 Å². The van der Waals surface area contributed by atoms with Crippen LogP contribution < -0.4 is 0 Å². The third kappa shape index (κ3) is 3.30. The van der Waals surface area contributed by atoms with E-state index in [1.807, 2.05) is 32.2 Å². The summed E-state index contributed by atoms with van der Waals surface area (Å²) in [6, 6.07) is 10.1. The average Bonchev–Trinajstić information content (AvgIpc) is 2.81. The summed E-state index contributed by atoms with van der Waals surface area (Å²) in [7, 11) is 1.86. The summed E-state index contributed by atoms with van der Waals surface area (Å²) in [6.07, 6.45) is 0. The van der Waals surface area contributed by atoms with Gasteiger partial charge in [-0.2, -0.15) is 0 Å². The van der Waals surface area contributed by atoms with Gasteiger partial charge >= 0.3 is 0 Å². The highest BCUT2D eigenvalue weighted by Gasteiger charge is 2.20. The van der Waals surface area contributed by atoms with Gasteiger partial charge < -0.3 is 4.90 Å². The largest absolute Gasteiger partial charge is 0.334 e. The maximum Gasteiger partial charge on any atom is 0.254 e. The molecule has 2 nitrogen and oxygen atoms in total. The predicted molar refractivity (Wildman–Crippen MR) is 88.4 cm³/mol. The van der Waals surface area contributed by atoms with E-state index in [9.17, 15) is 4.79 Å². The molecule has 0 aliphatic heterocycles. The molecule has 1 atom stereocenters. The molecule has 0 spiro atoms. The van der Waals surface area contributed by atoms with Gasteiger partial charge in [-0.05, 0) is 56.7 Å². The maximum absolute atomic E-state index is 12.6. The smallest absolute Gasteiger partial charge is 0.254 e. The van der Waals surface area contributed by atoms with Crippen molar-refractivity contribution in [2.75, 3.05) is 7.05 Å². The molecule has 1 aromatic heterocycles. The number of amides is 1. The number of rotatable bonds is 3. The summed E-state index contributed by atoms with van der Waals surface area (Å²) in [5.74, 6) is 0.0490. The lowest BCUT2D eigenvalue weighted by Crippen LogP contribution is -2.29. The Bertz CT molecular complexity index is 615. The van der Waals surface area contributed by atoms with Crippen molar-refractivity contribution < 1.29 is 4.79 Å². The second-order valence-electron chi connectivity index (χ2n) is 5.06. The zero-order valence-corrected chi connectivity index (χ0v) is 14.5. The van der Waals surface area contributed by atoms with Crippen LogP contribution in [0.1, 0.15) is 38.6 Å². The number of thiophene rings is 1. The van der Waals surface area contributed by atoms with E-state index in [4.69, 9.17) is 0 Å². The van der Waals surface area contributed by atoms with Crippen LogP contribution in [0.5, 0.6) is 0 Å². The molecule has 2 aromatic rings. The van der Waals surface area contributed by atoms with E-state index in [0.29, 0.717) is 0 Å². The number of halogens is 1. The van der Waals surface area contributed by atoms with Gasteiger partial charge in [0.2, 0.25) is 0 Å². The van der Waals surface area contributed by atoms with Crippen molar-refractivity contribution in [3.8, 4) is 0 Å². The Morgan fingerprint density at radius 1 is 1.25 bits per heavy atom. The van der Waals surface area contributed by atoms with E-state index < -0.39 is 0 Å². The summed E-state index contributed by atoms with van der Waals surface area (Å²) in [5, 5.41) is 0. The zero-order chi connectivity index (χ0) is 14.9. The summed E-state index contributed by atoms with van der Waals surface area (Å²) >= 11 is 5.19. The van der Waals surface area contributed by atoms with Crippen molar-refractivity contribution in [3.63, 3.8) is 0 Å². The highest BCUT2D eigenvalue weighted by molar-refractivity contribution is 9.10. The number of carbonyl (C=O) groups excluding carboxylic acids is 1. The minimum atomic E-state index is 0.0490. The second-order valence-corrected chi connectivity index (χ2v) is 7.29. The van der Waals surface area contributed by atoms with E-state index in [-0.39, 0.29) is 11.9 Å². The first-order valence-corrected chi connectivity index (χ1v) is 8.10. The van der Waals surface area contributed by atoms with E-state index in [1.165, 1.54) is 9.75 Å². The first kappa shape index (κ1) is 15.3. The Kier molecular flexibility index (Phi) is 4.66. The minimum absolute atomic E-state index is 0.0490. The maximum atomic E-state index is 12.6. The van der Waals surface area contributed by atoms with Gasteiger partial charge in [-0.25, -0.2) is 0 Å². The van der Waals surface area contributed by atoms with Crippen LogP contribution in [0.2, 0.25) is 0 Å². The van der Waals surface area contributed by atoms with Crippen LogP contribution in [-0.4, -0.2) is 17.9 Å². The van der Waals surface area contributed by atoms with E-state index in [2.05, 4.69) is 41.9 Å². The Balaban J connectivity index is 2.23. The molecule has 2 rings (SSSR count). The Labute approximate surface area is 132 Å². The molecule has 20 heavy (non-hydrogen) atoms. The molecule has 0 bridgehead atoms. The van der Waals surface area contributed by atoms with Crippen molar-refractivity contribution in [2.45, 2.75) is 26.8 Å². The second kappa shape index (κ2) is 6.10. The van der Waals surface area contributed by atoms with Gasteiger partial charge in [0.05, 0.1) is 6.04 Å². The number of benzene rings is 1. The summed E-state index contributed by atoms with van der Waals surface area (Å²) in [6.45, 7) is 6.14. The van der Waals surface area contributed by atoms with Crippen molar-refractivity contribution in [1.82, 2.24) is 4.90 Å². The summed E-state index contributed by atoms with van der Waals surface area (Å²) in [4.78, 5) is 16.9. The minimum Gasteiger partial charge on any atom is -0.334 e. The van der Waals surface area contributed by atoms with E-state index in [0.717, 1.165) is 15.6 Å². The van der Waals surface area contributed by atoms with Crippen LogP contribution in [0.15, 0.2) is 34.8 Å². The molecule has 1 unspecified atom stereocenters. The van der Waals surface area contributed by atoms with Gasteiger partial charge in [-0.1, -0.05) is 15.9 Å². The average molecular weight is 352 g/mol. The number of carbonyl (C=O) groups is 1. The molecule has 106 valence electrons. The Morgan fingerprint density at radius 2 is 1.95 bits per heavy atom. The van der Waals surface area contributed by atoms with Crippen LogP contribution in [0, 0.1) is 13.8 Å². The third-order valence-electron chi connectivity index (χ3n) is 3.36. The first-order valence-electron chi connectivity index (χ1n) is 6.49. The Hall–Kier alpha value is -1.13. The summed E-state index contributed by atoms with van der Waals surface area (Å²) in [5.41, 5.74) is 1.80. The normalized spacial score (nSPS) is 12.2. The van der Waals surface area contributed by atoms with Gasteiger partial charge in [0, 0.05) is 26.8 Å². The number of hydrogen-bond donors (Lipinski definition) is 0. The molecule has 4 heteroatoms. The number of aryl methyl sites for hydroxylation is 2. The molecular formula is C16H18BrNOS. The van der Waals surface area contributed by atoms with Gasteiger partial charge in [-0.15, -0.1) is 11.3 Å². The van der Waals surface area contributed by atoms with Crippen molar-refractivity contribution in [2.24, 2.45) is 0 Å². The molecule has 0 radical (unpaired) electrons. The molecule has 1 aromatic carbocycles. The standard InChI is InChI=1S/C16H18BrNOS/c1-10-7-13(9-14(17)8-10)16(19)18(4)12(3)15-6-5-11(2)20-15/h5-9,12H,1-4H3. The molecule has 1 heterocycles. The van der Waals surface area contributed by atoms with Gasteiger partial charge in [0.25, 0.3) is 5.91 Å².